The molecule has 3 aromatic carbocycles. The van der Waals surface area contributed by atoms with Crippen LogP contribution in [0.4, 0.5) is 21.9 Å². The van der Waals surface area contributed by atoms with E-state index in [9.17, 15) is 9.59 Å². The van der Waals surface area contributed by atoms with Crippen molar-refractivity contribution in [2.24, 2.45) is 0 Å². The highest BCUT2D eigenvalue weighted by molar-refractivity contribution is 6.00. The van der Waals surface area contributed by atoms with Crippen molar-refractivity contribution in [3.05, 3.63) is 78.9 Å². The van der Waals surface area contributed by atoms with Gasteiger partial charge >= 0.3 is 6.03 Å². The number of ether oxygens (including phenoxy) is 2. The third-order valence-electron chi connectivity index (χ3n) is 3.86. The van der Waals surface area contributed by atoms with Gasteiger partial charge in [0.1, 0.15) is 0 Å². The van der Waals surface area contributed by atoms with Gasteiger partial charge in [-0.05, 0) is 42.5 Å². The fourth-order valence-corrected chi connectivity index (χ4v) is 2.57. The Morgan fingerprint density at radius 3 is 2.03 bits per heavy atom. The summed E-state index contributed by atoms with van der Waals surface area (Å²) in [5.74, 6) is 0.705. The maximum absolute atomic E-state index is 12.2. The fourth-order valence-electron chi connectivity index (χ4n) is 2.57. The first-order valence-corrected chi connectivity index (χ1v) is 8.93. The predicted octanol–water partition coefficient (Wildman–Crippen LogP) is 4.36. The van der Waals surface area contributed by atoms with Gasteiger partial charge in [0.2, 0.25) is 0 Å². The van der Waals surface area contributed by atoms with Gasteiger partial charge in [0, 0.05) is 17.1 Å². The zero-order valence-electron chi connectivity index (χ0n) is 15.8. The van der Waals surface area contributed by atoms with Crippen molar-refractivity contribution in [2.45, 2.75) is 0 Å². The molecule has 3 amide bonds. The number of hydrogen-bond acceptors (Lipinski definition) is 4. The lowest BCUT2D eigenvalue weighted by atomic mass is 10.2. The third kappa shape index (κ3) is 6.00. The molecular formula is C22H21N3O4. The molecule has 0 fully saturated rings. The van der Waals surface area contributed by atoms with Crippen LogP contribution in [0.3, 0.4) is 0 Å². The van der Waals surface area contributed by atoms with Gasteiger partial charge in [-0.15, -0.1) is 0 Å². The van der Waals surface area contributed by atoms with Gasteiger partial charge in [-0.2, -0.15) is 0 Å². The summed E-state index contributed by atoms with van der Waals surface area (Å²) in [4.78, 5) is 24.3. The summed E-state index contributed by atoms with van der Waals surface area (Å²) >= 11 is 0. The van der Waals surface area contributed by atoms with Gasteiger partial charge in [-0.3, -0.25) is 4.79 Å². The number of carbonyl (C=O) groups is 2. The second-order valence-corrected chi connectivity index (χ2v) is 6.01. The van der Waals surface area contributed by atoms with Gasteiger partial charge < -0.3 is 25.4 Å². The molecule has 0 unspecified atom stereocenters. The number of para-hydroxylation sites is 3. The quantitative estimate of drug-likeness (QED) is 0.558. The Labute approximate surface area is 168 Å². The number of carbonyl (C=O) groups excluding carboxylic acids is 2. The molecule has 0 radical (unpaired) electrons. The molecule has 3 rings (SSSR count). The Hall–Kier alpha value is -4.00. The molecule has 0 heterocycles. The summed E-state index contributed by atoms with van der Waals surface area (Å²) in [7, 11) is 1.54. The van der Waals surface area contributed by atoms with Crippen LogP contribution in [0.1, 0.15) is 0 Å². The van der Waals surface area contributed by atoms with Crippen LogP contribution in [-0.2, 0) is 4.79 Å². The van der Waals surface area contributed by atoms with Crippen molar-refractivity contribution in [3.8, 4) is 11.5 Å². The van der Waals surface area contributed by atoms with E-state index >= 15 is 0 Å². The average Bonchev–Trinajstić information content (AvgIpc) is 2.73. The van der Waals surface area contributed by atoms with E-state index in [2.05, 4.69) is 16.0 Å². The lowest BCUT2D eigenvalue weighted by Gasteiger charge is -2.12. The molecule has 0 atom stereocenters. The molecule has 3 N–H and O–H groups in total. The summed E-state index contributed by atoms with van der Waals surface area (Å²) in [6, 6.07) is 22.7. The van der Waals surface area contributed by atoms with Crippen molar-refractivity contribution in [1.82, 2.24) is 0 Å². The molecule has 0 saturated heterocycles. The Kier molecular flexibility index (Phi) is 6.67. The average molecular weight is 391 g/mol. The van der Waals surface area contributed by atoms with Crippen LogP contribution in [0.15, 0.2) is 78.9 Å². The van der Waals surface area contributed by atoms with Crippen LogP contribution in [0.25, 0.3) is 0 Å². The number of benzene rings is 3. The van der Waals surface area contributed by atoms with E-state index in [1.54, 1.807) is 54.6 Å². The molecule has 7 nitrogen and oxygen atoms in total. The zero-order chi connectivity index (χ0) is 20.5. The van der Waals surface area contributed by atoms with E-state index in [-0.39, 0.29) is 18.5 Å². The molecule has 0 aliphatic heterocycles. The Bertz CT molecular complexity index is 977. The van der Waals surface area contributed by atoms with E-state index < -0.39 is 0 Å². The van der Waals surface area contributed by atoms with Crippen molar-refractivity contribution < 1.29 is 19.1 Å². The van der Waals surface area contributed by atoms with E-state index in [0.717, 1.165) is 0 Å². The third-order valence-corrected chi connectivity index (χ3v) is 3.86. The van der Waals surface area contributed by atoms with Crippen molar-refractivity contribution in [3.63, 3.8) is 0 Å². The first-order valence-electron chi connectivity index (χ1n) is 8.93. The monoisotopic (exact) mass is 391 g/mol. The standard InChI is InChI=1S/C22H21N3O4/c1-28-19-12-5-6-13-20(19)29-15-21(26)23-17-10-7-11-18(14-17)25-22(27)24-16-8-3-2-4-9-16/h2-14H,15H2,1H3,(H,23,26)(H2,24,25,27). The van der Waals surface area contributed by atoms with Crippen molar-refractivity contribution in [2.75, 3.05) is 29.7 Å². The molecule has 7 heteroatoms. The first-order chi connectivity index (χ1) is 14.1. The molecule has 0 aliphatic carbocycles. The molecule has 29 heavy (non-hydrogen) atoms. The van der Waals surface area contributed by atoms with Crippen LogP contribution in [0, 0.1) is 0 Å². The molecule has 148 valence electrons. The van der Waals surface area contributed by atoms with Crippen LogP contribution in [0.2, 0.25) is 0 Å². The molecule has 0 aromatic heterocycles. The van der Waals surface area contributed by atoms with Crippen LogP contribution >= 0.6 is 0 Å². The summed E-state index contributed by atoms with van der Waals surface area (Å²) in [5, 5.41) is 8.20. The maximum Gasteiger partial charge on any atom is 0.323 e. The Morgan fingerprint density at radius 2 is 1.31 bits per heavy atom. The first kappa shape index (κ1) is 19.8. The number of rotatable bonds is 7. The number of nitrogens with one attached hydrogen (secondary N) is 3. The minimum atomic E-state index is -0.376. The lowest BCUT2D eigenvalue weighted by molar-refractivity contribution is -0.118. The van der Waals surface area contributed by atoms with Gasteiger partial charge in [0.05, 0.1) is 7.11 Å². The fraction of sp³-hybridized carbons (Fsp3) is 0.0909. The lowest BCUT2D eigenvalue weighted by Crippen LogP contribution is -2.21. The molecule has 0 saturated carbocycles. The maximum atomic E-state index is 12.2. The molecule has 0 spiro atoms. The Morgan fingerprint density at radius 1 is 0.724 bits per heavy atom. The van der Waals surface area contributed by atoms with Gasteiger partial charge in [0.15, 0.2) is 18.1 Å². The van der Waals surface area contributed by atoms with E-state index in [4.69, 9.17) is 9.47 Å². The summed E-state index contributed by atoms with van der Waals surface area (Å²) in [5.41, 5.74) is 1.76. The highest BCUT2D eigenvalue weighted by atomic mass is 16.5. The molecule has 3 aromatic rings. The predicted molar refractivity (Wildman–Crippen MR) is 113 cm³/mol. The number of urea groups is 1. The summed E-state index contributed by atoms with van der Waals surface area (Å²) in [6.45, 7) is -0.174. The largest absolute Gasteiger partial charge is 0.493 e. The normalized spacial score (nSPS) is 9.97. The van der Waals surface area contributed by atoms with Crippen LogP contribution in [-0.4, -0.2) is 25.7 Å². The van der Waals surface area contributed by atoms with E-state index in [1.165, 1.54) is 7.11 Å². The number of hydrogen-bond donors (Lipinski definition) is 3. The SMILES string of the molecule is COc1ccccc1OCC(=O)Nc1cccc(NC(=O)Nc2ccccc2)c1. The van der Waals surface area contributed by atoms with Crippen LogP contribution < -0.4 is 25.4 Å². The van der Waals surface area contributed by atoms with Crippen molar-refractivity contribution in [1.29, 1.82) is 0 Å². The zero-order valence-corrected chi connectivity index (χ0v) is 15.8. The summed E-state index contributed by atoms with van der Waals surface area (Å²) < 4.78 is 10.7. The molecular weight excluding hydrogens is 370 g/mol. The van der Waals surface area contributed by atoms with Gasteiger partial charge in [-0.25, -0.2) is 4.79 Å². The number of methoxy groups -OCH3 is 1. The second-order valence-electron chi connectivity index (χ2n) is 6.01. The smallest absolute Gasteiger partial charge is 0.323 e. The second kappa shape index (κ2) is 9.80. The highest BCUT2D eigenvalue weighted by Gasteiger charge is 2.08. The van der Waals surface area contributed by atoms with Crippen molar-refractivity contribution >= 4 is 29.0 Å². The summed E-state index contributed by atoms with van der Waals surface area (Å²) in [6.07, 6.45) is 0. The topological polar surface area (TPSA) is 88.7 Å². The number of amides is 3. The minimum absolute atomic E-state index is 0.174. The molecule has 0 aliphatic rings. The number of anilines is 3. The van der Waals surface area contributed by atoms with Crippen LogP contribution in [0.5, 0.6) is 11.5 Å². The molecule has 0 bridgehead atoms. The minimum Gasteiger partial charge on any atom is -0.493 e. The van der Waals surface area contributed by atoms with E-state index in [0.29, 0.717) is 28.6 Å². The highest BCUT2D eigenvalue weighted by Crippen LogP contribution is 2.25. The van der Waals surface area contributed by atoms with Gasteiger partial charge in [0.25, 0.3) is 5.91 Å². The Balaban J connectivity index is 1.53. The van der Waals surface area contributed by atoms with Gasteiger partial charge in [-0.1, -0.05) is 36.4 Å². The van der Waals surface area contributed by atoms with E-state index in [1.807, 2.05) is 24.3 Å².